The highest BCUT2D eigenvalue weighted by atomic mass is 35.5. The number of esters is 1. The fraction of sp³-hybridized carbons (Fsp3) is 0.400. The van der Waals surface area contributed by atoms with Crippen LogP contribution in [0.5, 0.6) is 0 Å². The van der Waals surface area contributed by atoms with Gasteiger partial charge in [0.15, 0.2) is 0 Å². The van der Waals surface area contributed by atoms with E-state index in [1.165, 1.54) is 13.4 Å². The van der Waals surface area contributed by atoms with Gasteiger partial charge in [-0.15, -0.1) is 6.42 Å². The average Bonchev–Trinajstić information content (AvgIpc) is 3.15. The van der Waals surface area contributed by atoms with Crippen LogP contribution in [0.25, 0.3) is 11.0 Å². The minimum Gasteiger partial charge on any atom is -0.465 e. The first kappa shape index (κ1) is 15.7. The van der Waals surface area contributed by atoms with Crippen LogP contribution in [-0.2, 0) is 9.47 Å². The number of terminal acetylenes is 1. The number of aliphatic hydroxyl groups excluding tert-OH is 1. The second-order valence-electron chi connectivity index (χ2n) is 5.14. The number of aromatic nitrogens is 3. The molecule has 1 fully saturated rings. The summed E-state index contributed by atoms with van der Waals surface area (Å²) in [4.78, 5) is 20.1. The third-order valence-corrected chi connectivity index (χ3v) is 4.14. The van der Waals surface area contributed by atoms with Gasteiger partial charge in [-0.1, -0.05) is 17.5 Å². The minimum atomic E-state index is -0.556. The highest BCUT2D eigenvalue weighted by Crippen LogP contribution is 2.38. The molecule has 1 unspecified atom stereocenters. The van der Waals surface area contributed by atoms with Crippen LogP contribution >= 0.6 is 11.6 Å². The molecular weight excluding hydrogens is 322 g/mol. The Morgan fingerprint density at radius 2 is 2.43 bits per heavy atom. The van der Waals surface area contributed by atoms with E-state index >= 15 is 0 Å². The molecule has 1 saturated heterocycles. The van der Waals surface area contributed by atoms with Crippen molar-refractivity contribution in [2.75, 3.05) is 13.7 Å². The number of fused-ring (bicyclic) bond motifs is 1. The van der Waals surface area contributed by atoms with Crippen molar-refractivity contribution in [3.8, 4) is 12.3 Å². The molecule has 2 aromatic heterocycles. The lowest BCUT2D eigenvalue weighted by Gasteiger charge is -2.17. The molecule has 3 heterocycles. The lowest BCUT2D eigenvalue weighted by Crippen LogP contribution is -2.16. The number of hydrogen-bond acceptors (Lipinski definition) is 6. The van der Waals surface area contributed by atoms with Crippen LogP contribution in [0.1, 0.15) is 23.0 Å². The van der Waals surface area contributed by atoms with Crippen LogP contribution in [-0.4, -0.2) is 45.4 Å². The quantitative estimate of drug-likeness (QED) is 0.518. The third kappa shape index (κ3) is 2.55. The highest BCUT2D eigenvalue weighted by Gasteiger charge is 2.37. The van der Waals surface area contributed by atoms with Crippen molar-refractivity contribution in [2.45, 2.75) is 18.8 Å². The van der Waals surface area contributed by atoms with Gasteiger partial charge >= 0.3 is 5.97 Å². The summed E-state index contributed by atoms with van der Waals surface area (Å²) in [7, 11) is 1.28. The molecular formula is C15H14ClN3O4. The van der Waals surface area contributed by atoms with Crippen molar-refractivity contribution >= 4 is 28.6 Å². The second-order valence-corrected chi connectivity index (χ2v) is 5.50. The molecule has 3 rings (SSSR count). The molecule has 7 nitrogen and oxygen atoms in total. The highest BCUT2D eigenvalue weighted by molar-refractivity contribution is 6.35. The molecule has 8 heteroatoms. The lowest BCUT2D eigenvalue weighted by atomic mass is 10.0. The van der Waals surface area contributed by atoms with E-state index in [9.17, 15) is 9.90 Å². The number of carbonyl (C=O) groups excluding carboxylic acids is 1. The van der Waals surface area contributed by atoms with Crippen molar-refractivity contribution < 1.29 is 19.4 Å². The van der Waals surface area contributed by atoms with Crippen LogP contribution in [0.15, 0.2) is 12.5 Å². The number of hydrogen-bond donors (Lipinski definition) is 1. The molecule has 0 spiro atoms. The van der Waals surface area contributed by atoms with Gasteiger partial charge in [0.25, 0.3) is 0 Å². The molecule has 1 aliphatic heterocycles. The van der Waals surface area contributed by atoms with Gasteiger partial charge in [-0.25, -0.2) is 14.8 Å². The zero-order valence-corrected chi connectivity index (χ0v) is 13.0. The van der Waals surface area contributed by atoms with Crippen LogP contribution < -0.4 is 0 Å². The number of nitrogens with zero attached hydrogens (tertiary/aromatic N) is 3. The van der Waals surface area contributed by atoms with Crippen molar-refractivity contribution in [3.05, 3.63) is 23.2 Å². The zero-order chi connectivity index (χ0) is 16.6. The molecule has 0 aliphatic carbocycles. The van der Waals surface area contributed by atoms with Gasteiger partial charge in [0.1, 0.15) is 23.4 Å². The monoisotopic (exact) mass is 335 g/mol. The van der Waals surface area contributed by atoms with Crippen molar-refractivity contribution in [1.82, 2.24) is 14.5 Å². The van der Waals surface area contributed by atoms with Crippen LogP contribution in [0.2, 0.25) is 5.15 Å². The molecule has 0 bridgehead atoms. The van der Waals surface area contributed by atoms with Gasteiger partial charge in [0, 0.05) is 6.20 Å². The molecule has 2 aromatic rings. The Bertz CT molecular complexity index is 798. The number of rotatable bonds is 3. The smallest absolute Gasteiger partial charge is 0.340 e. The van der Waals surface area contributed by atoms with E-state index in [1.54, 1.807) is 10.8 Å². The summed E-state index contributed by atoms with van der Waals surface area (Å²) in [6.45, 7) is -0.131. The standard InChI is InChI=1S/C15H14ClN3O4/c1-3-8-4-9(6-20)23-14(8)19-5-10(15(21)22-2)11-12(16)17-7-18-13(11)19/h1,5,7-9,14,20H,4,6H2,2H3/t8-,9-,14?/m0/s1. The van der Waals surface area contributed by atoms with Gasteiger partial charge in [-0.05, 0) is 6.42 Å². The second kappa shape index (κ2) is 6.16. The Balaban J connectivity index is 2.17. The maximum Gasteiger partial charge on any atom is 0.340 e. The summed E-state index contributed by atoms with van der Waals surface area (Å²) >= 11 is 6.12. The largest absolute Gasteiger partial charge is 0.465 e. The average molecular weight is 336 g/mol. The summed E-state index contributed by atoms with van der Waals surface area (Å²) in [5, 5.41) is 9.83. The molecule has 23 heavy (non-hydrogen) atoms. The SMILES string of the molecule is C#C[C@H]1C[C@@H](CO)OC1n1cc(C(=O)OC)c2c(Cl)ncnc21. The molecule has 3 atom stereocenters. The molecule has 0 aromatic carbocycles. The van der Waals surface area contributed by atoms with Crippen LogP contribution in [0, 0.1) is 18.3 Å². The van der Waals surface area contributed by atoms with Gasteiger partial charge in [-0.3, -0.25) is 0 Å². The summed E-state index contributed by atoms with van der Waals surface area (Å²) < 4.78 is 12.2. The summed E-state index contributed by atoms with van der Waals surface area (Å²) in [5.74, 6) is 1.84. The van der Waals surface area contributed by atoms with Gasteiger partial charge in [0.2, 0.25) is 0 Å². The number of methoxy groups -OCH3 is 1. The molecule has 1 aliphatic rings. The Morgan fingerprint density at radius 3 is 3.09 bits per heavy atom. The van der Waals surface area contributed by atoms with E-state index in [-0.39, 0.29) is 29.3 Å². The van der Waals surface area contributed by atoms with E-state index in [2.05, 4.69) is 15.9 Å². The number of aliphatic hydroxyl groups is 1. The van der Waals surface area contributed by atoms with Gasteiger partial charge in [-0.2, -0.15) is 0 Å². The Hall–Kier alpha value is -2.14. The first-order chi connectivity index (χ1) is 11.1. The van der Waals surface area contributed by atoms with Crippen molar-refractivity contribution in [3.63, 3.8) is 0 Å². The normalized spacial score (nSPS) is 23.8. The van der Waals surface area contributed by atoms with Crippen LogP contribution in [0.3, 0.4) is 0 Å². The topological polar surface area (TPSA) is 86.5 Å². The number of ether oxygens (including phenoxy) is 2. The Kier molecular flexibility index (Phi) is 4.22. The number of carbonyl (C=O) groups is 1. The van der Waals surface area contributed by atoms with Gasteiger partial charge in [0.05, 0.1) is 36.7 Å². The van der Waals surface area contributed by atoms with E-state index in [1.807, 2.05) is 0 Å². The maximum absolute atomic E-state index is 12.0. The lowest BCUT2D eigenvalue weighted by molar-refractivity contribution is -0.0260. The Labute approximate surface area is 137 Å². The molecule has 0 radical (unpaired) electrons. The van der Waals surface area contributed by atoms with Crippen molar-refractivity contribution in [1.29, 1.82) is 0 Å². The summed E-state index contributed by atoms with van der Waals surface area (Å²) in [6.07, 6.45) is 8.02. The zero-order valence-electron chi connectivity index (χ0n) is 12.3. The van der Waals surface area contributed by atoms with Gasteiger partial charge < -0.3 is 19.1 Å². The molecule has 0 saturated carbocycles. The van der Waals surface area contributed by atoms with E-state index < -0.39 is 12.2 Å². The molecule has 1 N–H and O–H groups in total. The van der Waals surface area contributed by atoms with Crippen LogP contribution in [0.4, 0.5) is 0 Å². The fourth-order valence-corrected chi connectivity index (χ4v) is 3.01. The predicted molar refractivity (Wildman–Crippen MR) is 81.8 cm³/mol. The predicted octanol–water partition coefficient (Wildman–Crippen LogP) is 1.40. The van der Waals surface area contributed by atoms with Crippen molar-refractivity contribution in [2.24, 2.45) is 5.92 Å². The van der Waals surface area contributed by atoms with E-state index in [0.29, 0.717) is 17.5 Å². The number of halogens is 1. The summed E-state index contributed by atoms with van der Waals surface area (Å²) in [5.41, 5.74) is 0.661. The summed E-state index contributed by atoms with van der Waals surface area (Å²) in [6, 6.07) is 0. The fourth-order valence-electron chi connectivity index (χ4n) is 2.78. The molecule has 0 amide bonds. The Morgan fingerprint density at radius 1 is 1.65 bits per heavy atom. The first-order valence-corrected chi connectivity index (χ1v) is 7.30. The third-order valence-electron chi connectivity index (χ3n) is 3.85. The molecule has 120 valence electrons. The van der Waals surface area contributed by atoms with E-state index in [0.717, 1.165) is 0 Å². The van der Waals surface area contributed by atoms with E-state index in [4.69, 9.17) is 27.5 Å². The first-order valence-electron chi connectivity index (χ1n) is 6.92. The minimum absolute atomic E-state index is 0.131. The maximum atomic E-state index is 12.0.